The molecule has 2 aromatic heterocycles. The third-order valence-electron chi connectivity index (χ3n) is 6.92. The largest absolute Gasteiger partial charge is 0.454 e. The van der Waals surface area contributed by atoms with Gasteiger partial charge in [-0.1, -0.05) is 6.92 Å². The van der Waals surface area contributed by atoms with Crippen molar-refractivity contribution in [2.75, 3.05) is 26.5 Å². The van der Waals surface area contributed by atoms with Crippen LogP contribution in [-0.4, -0.2) is 62.7 Å². The molecule has 0 saturated carbocycles. The van der Waals surface area contributed by atoms with Crippen LogP contribution >= 0.6 is 0 Å². The summed E-state index contributed by atoms with van der Waals surface area (Å²) < 4.78 is 18.7. The lowest BCUT2D eigenvalue weighted by Crippen LogP contribution is -2.41. The van der Waals surface area contributed by atoms with Crippen LogP contribution in [-0.2, 0) is 11.3 Å². The number of hydrogen-bond donors (Lipinski definition) is 1. The van der Waals surface area contributed by atoms with Gasteiger partial charge in [0.15, 0.2) is 17.3 Å². The molecule has 174 valence electrons. The topological polar surface area (TPSA) is 107 Å². The molecule has 0 aliphatic carbocycles. The molecule has 2 saturated heterocycles. The number of fused-ring (bicyclic) bond motifs is 2. The first-order chi connectivity index (χ1) is 16.2. The minimum Gasteiger partial charge on any atom is -0.454 e. The lowest BCUT2D eigenvalue weighted by molar-refractivity contribution is 0.0889. The average Bonchev–Trinajstić information content (AvgIpc) is 3.56. The fourth-order valence-electron chi connectivity index (χ4n) is 5.29. The van der Waals surface area contributed by atoms with Gasteiger partial charge in [-0.3, -0.25) is 9.69 Å². The van der Waals surface area contributed by atoms with E-state index >= 15 is 0 Å². The maximum Gasteiger partial charge on any atom is 0.253 e. The molecule has 3 atom stereocenters. The quantitative estimate of drug-likeness (QED) is 0.628. The highest BCUT2D eigenvalue weighted by Gasteiger charge is 2.33. The average molecular weight is 453 g/mol. The van der Waals surface area contributed by atoms with E-state index in [4.69, 9.17) is 14.2 Å². The van der Waals surface area contributed by atoms with Crippen molar-refractivity contribution in [1.29, 1.82) is 0 Å². The second-order valence-electron chi connectivity index (χ2n) is 9.35. The fraction of sp³-hybridized carbons (Fsp3) is 0.565. The second kappa shape index (κ2) is 8.42. The zero-order valence-corrected chi connectivity index (χ0v) is 18.7. The van der Waals surface area contributed by atoms with Gasteiger partial charge in [0.05, 0.1) is 18.2 Å². The highest BCUT2D eigenvalue weighted by Crippen LogP contribution is 2.37. The lowest BCUT2D eigenvalue weighted by Gasteiger charge is -2.36. The Hall–Kier alpha value is -2.98. The van der Waals surface area contributed by atoms with Crippen molar-refractivity contribution in [3.63, 3.8) is 0 Å². The monoisotopic (exact) mass is 452 g/mol. The molecule has 0 spiro atoms. The van der Waals surface area contributed by atoms with Crippen LogP contribution in [0.2, 0.25) is 0 Å². The van der Waals surface area contributed by atoms with Crippen molar-refractivity contribution in [1.82, 2.24) is 30.1 Å². The van der Waals surface area contributed by atoms with Crippen LogP contribution in [0, 0.1) is 5.92 Å². The Morgan fingerprint density at radius 2 is 2.06 bits per heavy atom. The third kappa shape index (κ3) is 3.87. The van der Waals surface area contributed by atoms with Gasteiger partial charge in [0.25, 0.3) is 5.56 Å². The Labute approximate surface area is 190 Å². The molecule has 1 N–H and O–H groups in total. The summed E-state index contributed by atoms with van der Waals surface area (Å²) in [7, 11) is 0. The predicted molar refractivity (Wildman–Crippen MR) is 119 cm³/mol. The summed E-state index contributed by atoms with van der Waals surface area (Å²) in [6.45, 7) is 5.58. The summed E-state index contributed by atoms with van der Waals surface area (Å²) in [5.41, 5.74) is 1.22. The normalized spacial score (nSPS) is 23.9. The summed E-state index contributed by atoms with van der Waals surface area (Å²) in [4.78, 5) is 18.8. The van der Waals surface area contributed by atoms with Crippen LogP contribution in [0.4, 0.5) is 0 Å². The minimum atomic E-state index is -0.345. The van der Waals surface area contributed by atoms with E-state index < -0.39 is 0 Å². The van der Waals surface area contributed by atoms with Gasteiger partial charge >= 0.3 is 0 Å². The number of hydrogen-bond acceptors (Lipinski definition) is 8. The van der Waals surface area contributed by atoms with Gasteiger partial charge in [-0.25, -0.2) is 4.68 Å². The summed E-state index contributed by atoms with van der Waals surface area (Å²) in [6.07, 6.45) is 4.41. The number of ether oxygens (including phenoxy) is 3. The SMILES string of the molecule is C[C@@H]1CCCN([C@H](c2cc3cc4c(cc3[nH]c2=O)OCO4)c2nnnn2C[C@@H]2CCCO2)C1. The van der Waals surface area contributed by atoms with Crippen molar-refractivity contribution in [2.24, 2.45) is 5.92 Å². The van der Waals surface area contributed by atoms with Gasteiger partial charge in [-0.2, -0.15) is 0 Å². The number of piperidine rings is 1. The van der Waals surface area contributed by atoms with E-state index in [-0.39, 0.29) is 24.5 Å². The predicted octanol–water partition coefficient (Wildman–Crippen LogP) is 2.24. The molecule has 3 aliphatic rings. The molecule has 3 aliphatic heterocycles. The van der Waals surface area contributed by atoms with E-state index in [1.54, 1.807) is 0 Å². The van der Waals surface area contributed by atoms with Crippen LogP contribution in [0.15, 0.2) is 23.0 Å². The highest BCUT2D eigenvalue weighted by atomic mass is 16.7. The summed E-state index contributed by atoms with van der Waals surface area (Å²) in [5, 5.41) is 13.6. The Morgan fingerprint density at radius 3 is 2.88 bits per heavy atom. The van der Waals surface area contributed by atoms with Gasteiger partial charge in [-0.15, -0.1) is 5.10 Å². The molecule has 0 radical (unpaired) electrons. The molecule has 0 bridgehead atoms. The number of pyridine rings is 1. The van der Waals surface area contributed by atoms with Gasteiger partial charge in [-0.05, 0) is 60.7 Å². The molecular formula is C23H28N6O4. The summed E-state index contributed by atoms with van der Waals surface area (Å²) in [5.74, 6) is 2.56. The maximum absolute atomic E-state index is 13.4. The number of tetrazole rings is 1. The van der Waals surface area contributed by atoms with Crippen LogP contribution in [0.3, 0.4) is 0 Å². The van der Waals surface area contributed by atoms with Gasteiger partial charge in [0, 0.05) is 30.2 Å². The molecule has 0 unspecified atom stereocenters. The van der Waals surface area contributed by atoms with Crippen molar-refractivity contribution in [3.05, 3.63) is 39.9 Å². The number of rotatable bonds is 5. The molecule has 3 aromatic rings. The van der Waals surface area contributed by atoms with Crippen LogP contribution < -0.4 is 15.0 Å². The summed E-state index contributed by atoms with van der Waals surface area (Å²) in [6, 6.07) is 5.35. The Morgan fingerprint density at radius 1 is 1.18 bits per heavy atom. The van der Waals surface area contributed by atoms with Crippen molar-refractivity contribution < 1.29 is 14.2 Å². The maximum atomic E-state index is 13.4. The van der Waals surface area contributed by atoms with Gasteiger partial charge in [0.2, 0.25) is 6.79 Å². The minimum absolute atomic E-state index is 0.0998. The Balaban J connectivity index is 1.45. The Kier molecular flexibility index (Phi) is 5.26. The van der Waals surface area contributed by atoms with Crippen LogP contribution in [0.25, 0.3) is 10.9 Å². The van der Waals surface area contributed by atoms with Crippen molar-refractivity contribution >= 4 is 10.9 Å². The summed E-state index contributed by atoms with van der Waals surface area (Å²) >= 11 is 0. The number of nitrogens with zero attached hydrogens (tertiary/aromatic N) is 5. The van der Waals surface area contributed by atoms with Crippen LogP contribution in [0.1, 0.15) is 50.0 Å². The first-order valence-electron chi connectivity index (χ1n) is 11.7. The molecule has 10 heteroatoms. The standard InChI is InChI=1S/C23H28N6O4/c1-14-4-2-6-28(11-14)21(22-25-26-27-29(22)12-16-5-3-7-31-16)17-8-15-9-19-20(33-13-32-19)10-18(15)24-23(17)30/h8-10,14,16,21H,2-7,11-13H2,1H3,(H,24,30)/t14-,16+,21-/m1/s1. The van der Waals surface area contributed by atoms with E-state index in [1.165, 1.54) is 6.42 Å². The molecule has 2 fully saturated rings. The first-order valence-corrected chi connectivity index (χ1v) is 11.7. The number of aromatic nitrogens is 5. The fourth-order valence-corrected chi connectivity index (χ4v) is 5.29. The van der Waals surface area contributed by atoms with E-state index in [0.29, 0.717) is 35.3 Å². The molecule has 33 heavy (non-hydrogen) atoms. The zero-order valence-electron chi connectivity index (χ0n) is 18.7. The van der Waals surface area contributed by atoms with E-state index in [1.807, 2.05) is 22.9 Å². The molecule has 1 aromatic carbocycles. The Bertz CT molecular complexity index is 1220. The van der Waals surface area contributed by atoms with E-state index in [0.717, 1.165) is 49.9 Å². The van der Waals surface area contributed by atoms with E-state index in [9.17, 15) is 4.79 Å². The van der Waals surface area contributed by atoms with E-state index in [2.05, 4.69) is 32.3 Å². The molecule has 0 amide bonds. The first kappa shape index (κ1) is 20.6. The van der Waals surface area contributed by atoms with Crippen molar-refractivity contribution in [2.45, 2.75) is 51.3 Å². The number of benzene rings is 1. The molecular weight excluding hydrogens is 424 g/mol. The number of likely N-dealkylation sites (tertiary alicyclic amines) is 1. The number of nitrogens with one attached hydrogen (secondary N) is 1. The van der Waals surface area contributed by atoms with Crippen molar-refractivity contribution in [3.8, 4) is 11.5 Å². The number of H-pyrrole nitrogens is 1. The molecule has 10 nitrogen and oxygen atoms in total. The zero-order chi connectivity index (χ0) is 22.4. The number of aromatic amines is 1. The highest BCUT2D eigenvalue weighted by molar-refractivity contribution is 5.83. The third-order valence-corrected chi connectivity index (χ3v) is 6.92. The van der Waals surface area contributed by atoms with Crippen LogP contribution in [0.5, 0.6) is 11.5 Å². The molecule has 6 rings (SSSR count). The van der Waals surface area contributed by atoms with Gasteiger partial charge in [0.1, 0.15) is 6.04 Å². The smallest absolute Gasteiger partial charge is 0.253 e. The van der Waals surface area contributed by atoms with Gasteiger partial charge < -0.3 is 19.2 Å². The lowest BCUT2D eigenvalue weighted by atomic mass is 9.95. The second-order valence-corrected chi connectivity index (χ2v) is 9.35. The molecule has 5 heterocycles.